The van der Waals surface area contributed by atoms with Crippen LogP contribution in [0.5, 0.6) is 5.75 Å². The molecule has 8 heteroatoms. The largest absolute Gasteiger partial charge is 0.486 e. The minimum atomic E-state index is -3.73. The van der Waals surface area contributed by atoms with Crippen LogP contribution in [0.25, 0.3) is 0 Å². The zero-order valence-electron chi connectivity index (χ0n) is 11.1. The second-order valence-electron chi connectivity index (χ2n) is 4.15. The van der Waals surface area contributed by atoms with Crippen molar-refractivity contribution in [1.82, 2.24) is 14.8 Å². The van der Waals surface area contributed by atoms with Crippen molar-refractivity contribution in [1.29, 1.82) is 0 Å². The monoisotopic (exact) mass is 315 g/mol. The van der Waals surface area contributed by atoms with E-state index in [1.807, 2.05) is 6.92 Å². The highest BCUT2D eigenvalue weighted by atomic mass is 35.7. The molecule has 2 aromatic rings. The first-order valence-corrected chi connectivity index (χ1v) is 8.27. The molecule has 0 saturated heterocycles. The second-order valence-corrected chi connectivity index (χ2v) is 6.68. The van der Waals surface area contributed by atoms with Crippen LogP contribution in [-0.4, -0.2) is 23.2 Å². The Morgan fingerprint density at radius 3 is 2.75 bits per heavy atom. The number of rotatable bonds is 5. The number of halogens is 1. The molecule has 0 aliphatic carbocycles. The van der Waals surface area contributed by atoms with E-state index in [4.69, 9.17) is 15.4 Å². The topological polar surface area (TPSA) is 74.1 Å². The normalized spacial score (nSPS) is 11.6. The predicted octanol–water partition coefficient (Wildman–Crippen LogP) is 2.11. The number of nitrogens with zero attached hydrogens (tertiary/aromatic N) is 3. The van der Waals surface area contributed by atoms with Gasteiger partial charge in [-0.1, -0.05) is 0 Å². The Morgan fingerprint density at radius 1 is 1.40 bits per heavy atom. The standard InChI is InChI=1S/C12H14ClN3O3S/c1-3-16-12(14-8-15-16)7-19-10-4-5-11(9(2)6-10)20(13,17)18/h4-6,8H,3,7H2,1-2H3. The van der Waals surface area contributed by atoms with Crippen molar-refractivity contribution in [2.45, 2.75) is 31.9 Å². The van der Waals surface area contributed by atoms with Gasteiger partial charge in [-0.05, 0) is 37.6 Å². The molecule has 0 aliphatic heterocycles. The van der Waals surface area contributed by atoms with E-state index in [0.717, 1.165) is 0 Å². The van der Waals surface area contributed by atoms with Gasteiger partial charge in [-0.25, -0.2) is 18.1 Å². The summed E-state index contributed by atoms with van der Waals surface area (Å²) in [6.45, 7) is 4.60. The molecular formula is C12H14ClN3O3S. The first kappa shape index (κ1) is 14.8. The van der Waals surface area contributed by atoms with Crippen molar-refractivity contribution in [3.63, 3.8) is 0 Å². The molecule has 0 saturated carbocycles. The Morgan fingerprint density at radius 2 is 2.15 bits per heavy atom. The number of hydrogen-bond acceptors (Lipinski definition) is 5. The first-order valence-electron chi connectivity index (χ1n) is 5.96. The van der Waals surface area contributed by atoms with Crippen LogP contribution in [0, 0.1) is 6.92 Å². The molecule has 108 valence electrons. The lowest BCUT2D eigenvalue weighted by atomic mass is 10.2. The molecular weight excluding hydrogens is 302 g/mol. The minimum absolute atomic E-state index is 0.0863. The van der Waals surface area contributed by atoms with Gasteiger partial charge in [0.05, 0.1) is 4.90 Å². The zero-order valence-corrected chi connectivity index (χ0v) is 12.6. The fourth-order valence-electron chi connectivity index (χ4n) is 1.80. The summed E-state index contributed by atoms with van der Waals surface area (Å²) in [5.41, 5.74) is 0.537. The fourth-order valence-corrected chi connectivity index (χ4v) is 2.99. The molecule has 0 amide bonds. The number of hydrogen-bond donors (Lipinski definition) is 0. The molecule has 0 fully saturated rings. The first-order chi connectivity index (χ1) is 9.41. The molecule has 0 bridgehead atoms. The van der Waals surface area contributed by atoms with Crippen molar-refractivity contribution in [2.24, 2.45) is 0 Å². The Labute approximate surface area is 121 Å². The van der Waals surface area contributed by atoms with Crippen molar-refractivity contribution >= 4 is 19.7 Å². The van der Waals surface area contributed by atoms with Crippen LogP contribution in [0.15, 0.2) is 29.4 Å². The number of ether oxygens (including phenoxy) is 1. The Balaban J connectivity index is 2.14. The maximum absolute atomic E-state index is 11.3. The smallest absolute Gasteiger partial charge is 0.261 e. The summed E-state index contributed by atoms with van der Waals surface area (Å²) in [5, 5.41) is 4.04. The molecule has 0 spiro atoms. The van der Waals surface area contributed by atoms with Gasteiger partial charge in [0, 0.05) is 17.2 Å². The van der Waals surface area contributed by atoms with Gasteiger partial charge in [-0.3, -0.25) is 0 Å². The molecule has 20 heavy (non-hydrogen) atoms. The highest BCUT2D eigenvalue weighted by Crippen LogP contribution is 2.24. The number of benzene rings is 1. The lowest BCUT2D eigenvalue weighted by molar-refractivity contribution is 0.287. The van der Waals surface area contributed by atoms with Crippen molar-refractivity contribution < 1.29 is 13.2 Å². The summed E-state index contributed by atoms with van der Waals surface area (Å²) in [6, 6.07) is 4.62. The average molecular weight is 316 g/mol. The number of aryl methyl sites for hydroxylation is 2. The highest BCUT2D eigenvalue weighted by molar-refractivity contribution is 8.13. The van der Waals surface area contributed by atoms with Gasteiger partial charge >= 0.3 is 0 Å². The summed E-state index contributed by atoms with van der Waals surface area (Å²) in [4.78, 5) is 4.18. The van der Waals surface area contributed by atoms with E-state index in [0.29, 0.717) is 23.7 Å². The summed E-state index contributed by atoms with van der Waals surface area (Å²) >= 11 is 0. The van der Waals surface area contributed by atoms with Gasteiger partial charge in [0.25, 0.3) is 9.05 Å². The molecule has 1 aromatic carbocycles. The van der Waals surface area contributed by atoms with Crippen LogP contribution in [0.1, 0.15) is 18.3 Å². The third kappa shape index (κ3) is 3.29. The highest BCUT2D eigenvalue weighted by Gasteiger charge is 2.14. The van der Waals surface area contributed by atoms with Gasteiger partial charge < -0.3 is 4.74 Å². The Hall–Kier alpha value is -1.60. The van der Waals surface area contributed by atoms with Crippen LogP contribution in [0.3, 0.4) is 0 Å². The molecule has 0 unspecified atom stereocenters. The van der Waals surface area contributed by atoms with E-state index < -0.39 is 9.05 Å². The van der Waals surface area contributed by atoms with E-state index in [2.05, 4.69) is 10.1 Å². The number of aromatic nitrogens is 3. The Kier molecular flexibility index (Phi) is 4.29. The van der Waals surface area contributed by atoms with Crippen LogP contribution < -0.4 is 4.74 Å². The summed E-state index contributed by atoms with van der Waals surface area (Å²) in [5.74, 6) is 1.26. The quantitative estimate of drug-likeness (QED) is 0.790. The molecule has 0 atom stereocenters. The third-order valence-electron chi connectivity index (χ3n) is 2.77. The second kappa shape index (κ2) is 5.80. The molecule has 0 radical (unpaired) electrons. The minimum Gasteiger partial charge on any atom is -0.486 e. The molecule has 0 aliphatic rings. The Bertz CT molecular complexity index is 712. The maximum atomic E-state index is 11.3. The van der Waals surface area contributed by atoms with Gasteiger partial charge in [0.1, 0.15) is 18.7 Å². The van der Waals surface area contributed by atoms with Gasteiger partial charge in [-0.2, -0.15) is 5.10 Å². The van der Waals surface area contributed by atoms with Crippen LogP contribution in [0.2, 0.25) is 0 Å². The van der Waals surface area contributed by atoms with Crippen LogP contribution in [0.4, 0.5) is 0 Å². The lowest BCUT2D eigenvalue weighted by Gasteiger charge is -2.09. The SMILES string of the molecule is CCn1ncnc1COc1ccc(S(=O)(=O)Cl)c(C)c1. The van der Waals surface area contributed by atoms with E-state index in [1.165, 1.54) is 12.4 Å². The van der Waals surface area contributed by atoms with E-state index in [9.17, 15) is 8.42 Å². The predicted molar refractivity (Wildman–Crippen MR) is 74.2 cm³/mol. The summed E-state index contributed by atoms with van der Waals surface area (Å²) in [6.07, 6.45) is 1.47. The van der Waals surface area contributed by atoms with E-state index in [-0.39, 0.29) is 11.5 Å². The molecule has 1 heterocycles. The van der Waals surface area contributed by atoms with Crippen molar-refractivity contribution in [2.75, 3.05) is 0 Å². The van der Waals surface area contributed by atoms with Crippen molar-refractivity contribution in [3.05, 3.63) is 35.9 Å². The third-order valence-corrected chi connectivity index (χ3v) is 4.25. The van der Waals surface area contributed by atoms with Crippen molar-refractivity contribution in [3.8, 4) is 5.75 Å². The van der Waals surface area contributed by atoms with Crippen LogP contribution in [-0.2, 0) is 22.2 Å². The molecule has 1 aromatic heterocycles. The van der Waals surface area contributed by atoms with Crippen LogP contribution >= 0.6 is 10.7 Å². The zero-order chi connectivity index (χ0) is 14.8. The maximum Gasteiger partial charge on any atom is 0.261 e. The summed E-state index contributed by atoms with van der Waals surface area (Å²) in [7, 11) is 1.59. The van der Waals surface area contributed by atoms with Gasteiger partial charge in [-0.15, -0.1) is 0 Å². The van der Waals surface area contributed by atoms with Gasteiger partial charge in [0.2, 0.25) is 0 Å². The van der Waals surface area contributed by atoms with E-state index in [1.54, 1.807) is 23.7 Å². The molecule has 2 rings (SSSR count). The van der Waals surface area contributed by atoms with E-state index >= 15 is 0 Å². The van der Waals surface area contributed by atoms with Gasteiger partial charge in [0.15, 0.2) is 5.82 Å². The fraction of sp³-hybridized carbons (Fsp3) is 0.333. The summed E-state index contributed by atoms with van der Waals surface area (Å²) < 4.78 is 29.9. The molecule has 0 N–H and O–H groups in total. The average Bonchev–Trinajstić information content (AvgIpc) is 2.82. The lowest BCUT2D eigenvalue weighted by Crippen LogP contribution is -2.07. The molecule has 6 nitrogen and oxygen atoms in total.